The number of ether oxygens (including phenoxy) is 3. The first-order valence-electron chi connectivity index (χ1n) is 12.6. The number of hydrogen-bond acceptors (Lipinski definition) is 5. The van der Waals surface area contributed by atoms with Crippen molar-refractivity contribution < 1.29 is 28.2 Å². The molecule has 39 heavy (non-hydrogen) atoms. The molecule has 2 amide bonds. The summed E-state index contributed by atoms with van der Waals surface area (Å²) in [4.78, 5) is 29.3. The Morgan fingerprint density at radius 1 is 0.923 bits per heavy atom. The molecule has 1 unspecified atom stereocenters. The molecule has 1 spiro atoms. The number of carbonyl (C=O) groups is 2. The van der Waals surface area contributed by atoms with Crippen LogP contribution in [0, 0.1) is 12.7 Å². The standard InChI is InChI=1S/C31H23FN2O5/c1-18-10-11-23(32)24(12-18)33-29(35)20-7-3-2-6-19(20)15-34-25-9-5-4-8-21(25)31(30(34)36)16-37-26-14-28-27(13-22(26)31)38-17-39-28/h2-14H,15-17H2,1H3,(H,33,35). The molecule has 0 aromatic heterocycles. The van der Waals surface area contributed by atoms with E-state index in [0.29, 0.717) is 28.4 Å². The predicted molar refractivity (Wildman–Crippen MR) is 142 cm³/mol. The Bertz CT molecular complexity index is 1690. The van der Waals surface area contributed by atoms with Crippen molar-refractivity contribution in [2.45, 2.75) is 18.9 Å². The summed E-state index contributed by atoms with van der Waals surface area (Å²) in [5.74, 6) is 0.634. The largest absolute Gasteiger partial charge is 0.491 e. The minimum atomic E-state index is -1.05. The highest BCUT2D eigenvalue weighted by atomic mass is 19.1. The van der Waals surface area contributed by atoms with Gasteiger partial charge in [0.1, 0.15) is 23.6 Å². The van der Waals surface area contributed by atoms with Crippen molar-refractivity contribution in [1.82, 2.24) is 0 Å². The van der Waals surface area contributed by atoms with E-state index < -0.39 is 17.1 Å². The average molecular weight is 523 g/mol. The zero-order valence-electron chi connectivity index (χ0n) is 21.0. The van der Waals surface area contributed by atoms with E-state index >= 15 is 0 Å². The lowest BCUT2D eigenvalue weighted by Crippen LogP contribution is -2.42. The molecular weight excluding hydrogens is 499 g/mol. The number of rotatable bonds is 4. The second-order valence-corrected chi connectivity index (χ2v) is 9.90. The molecule has 0 saturated carbocycles. The van der Waals surface area contributed by atoms with Crippen LogP contribution in [0.2, 0.25) is 0 Å². The second kappa shape index (κ2) is 8.59. The van der Waals surface area contributed by atoms with Crippen molar-refractivity contribution in [3.05, 3.63) is 112 Å². The lowest BCUT2D eigenvalue weighted by atomic mass is 9.77. The molecule has 1 N–H and O–H groups in total. The molecule has 3 aliphatic heterocycles. The zero-order valence-corrected chi connectivity index (χ0v) is 21.0. The number of anilines is 2. The molecule has 4 aromatic carbocycles. The van der Waals surface area contributed by atoms with Gasteiger partial charge in [0, 0.05) is 22.9 Å². The number of fused-ring (bicyclic) bond motifs is 5. The Kier molecular flexibility index (Phi) is 5.13. The number of para-hydroxylation sites is 1. The number of carbonyl (C=O) groups excluding carboxylic acids is 2. The smallest absolute Gasteiger partial charge is 0.256 e. The van der Waals surface area contributed by atoms with Crippen LogP contribution in [0.25, 0.3) is 0 Å². The lowest BCUT2D eigenvalue weighted by molar-refractivity contribution is -0.122. The van der Waals surface area contributed by atoms with Crippen LogP contribution < -0.4 is 24.4 Å². The molecule has 0 radical (unpaired) electrons. The maximum absolute atomic E-state index is 14.4. The molecule has 0 bridgehead atoms. The van der Waals surface area contributed by atoms with Crippen molar-refractivity contribution in [3.8, 4) is 17.2 Å². The molecular formula is C31H23FN2O5. The van der Waals surface area contributed by atoms with Crippen molar-refractivity contribution in [3.63, 3.8) is 0 Å². The van der Waals surface area contributed by atoms with Crippen LogP contribution in [0.15, 0.2) is 78.9 Å². The van der Waals surface area contributed by atoms with Crippen molar-refractivity contribution in [1.29, 1.82) is 0 Å². The predicted octanol–water partition coefficient (Wildman–Crippen LogP) is 5.34. The molecule has 1 atom stereocenters. The van der Waals surface area contributed by atoms with Gasteiger partial charge < -0.3 is 24.4 Å². The maximum Gasteiger partial charge on any atom is 0.256 e. The quantitative estimate of drug-likeness (QED) is 0.392. The Hall–Kier alpha value is -4.85. The number of benzene rings is 4. The summed E-state index contributed by atoms with van der Waals surface area (Å²) in [6.07, 6.45) is 0. The number of aryl methyl sites for hydroxylation is 1. The van der Waals surface area contributed by atoms with E-state index in [4.69, 9.17) is 14.2 Å². The summed E-state index contributed by atoms with van der Waals surface area (Å²) in [5, 5.41) is 2.69. The van der Waals surface area contributed by atoms with Crippen molar-refractivity contribution in [2.24, 2.45) is 0 Å². The highest BCUT2D eigenvalue weighted by Gasteiger charge is 2.57. The first-order valence-corrected chi connectivity index (χ1v) is 12.6. The van der Waals surface area contributed by atoms with E-state index in [-0.39, 0.29) is 31.5 Å². The Morgan fingerprint density at radius 3 is 2.56 bits per heavy atom. The van der Waals surface area contributed by atoms with Gasteiger partial charge in [-0.25, -0.2) is 4.39 Å². The van der Waals surface area contributed by atoms with Crippen LogP contribution in [-0.4, -0.2) is 25.2 Å². The van der Waals surface area contributed by atoms with Crippen LogP contribution in [-0.2, 0) is 16.8 Å². The second-order valence-electron chi connectivity index (χ2n) is 9.90. The van der Waals surface area contributed by atoms with Gasteiger partial charge in [-0.3, -0.25) is 9.59 Å². The summed E-state index contributed by atoms with van der Waals surface area (Å²) in [5.41, 5.74) is 3.18. The minimum Gasteiger partial charge on any atom is -0.491 e. The van der Waals surface area contributed by atoms with Gasteiger partial charge >= 0.3 is 0 Å². The third kappa shape index (κ3) is 3.48. The number of amides is 2. The third-order valence-electron chi connectivity index (χ3n) is 7.60. The zero-order chi connectivity index (χ0) is 26.7. The monoisotopic (exact) mass is 522 g/mol. The third-order valence-corrected chi connectivity index (χ3v) is 7.60. The van der Waals surface area contributed by atoms with Crippen LogP contribution in [0.5, 0.6) is 17.2 Å². The molecule has 3 aliphatic rings. The fourth-order valence-corrected chi connectivity index (χ4v) is 5.70. The van der Waals surface area contributed by atoms with E-state index in [2.05, 4.69) is 5.32 Å². The summed E-state index contributed by atoms with van der Waals surface area (Å²) < 4.78 is 31.5. The molecule has 3 heterocycles. The highest BCUT2D eigenvalue weighted by molar-refractivity contribution is 6.12. The molecule has 4 aromatic rings. The number of nitrogens with one attached hydrogen (secondary N) is 1. The van der Waals surface area contributed by atoms with Crippen LogP contribution >= 0.6 is 0 Å². The van der Waals surface area contributed by atoms with Gasteiger partial charge in [-0.2, -0.15) is 0 Å². The van der Waals surface area contributed by atoms with Gasteiger partial charge in [-0.05, 0) is 53.9 Å². The molecule has 8 heteroatoms. The topological polar surface area (TPSA) is 77.1 Å². The Balaban J connectivity index is 1.26. The summed E-state index contributed by atoms with van der Waals surface area (Å²) in [6, 6.07) is 22.8. The lowest BCUT2D eigenvalue weighted by Gasteiger charge is -2.24. The van der Waals surface area contributed by atoms with Gasteiger partial charge in [0.2, 0.25) is 12.7 Å². The normalized spacial score (nSPS) is 18.2. The SMILES string of the molecule is Cc1ccc(F)c(NC(=O)c2ccccc2CN2C(=O)C3(COc4cc5c(cc43)OCO5)c3ccccc32)c1. The van der Waals surface area contributed by atoms with Gasteiger partial charge in [0.05, 0.1) is 12.2 Å². The van der Waals surface area contributed by atoms with Gasteiger partial charge in [-0.15, -0.1) is 0 Å². The fraction of sp³-hybridized carbons (Fsp3) is 0.161. The molecule has 0 fully saturated rings. The first kappa shape index (κ1) is 23.3. The van der Waals surface area contributed by atoms with E-state index in [0.717, 1.165) is 22.4 Å². The van der Waals surface area contributed by atoms with Gasteiger partial charge in [0.15, 0.2) is 11.5 Å². The number of halogens is 1. The minimum absolute atomic E-state index is 0.106. The van der Waals surface area contributed by atoms with Crippen LogP contribution in [0.1, 0.15) is 32.6 Å². The number of hydrogen-bond donors (Lipinski definition) is 1. The van der Waals surface area contributed by atoms with E-state index in [1.165, 1.54) is 6.07 Å². The molecule has 7 rings (SSSR count). The van der Waals surface area contributed by atoms with Crippen LogP contribution in [0.4, 0.5) is 15.8 Å². The molecule has 0 aliphatic carbocycles. The van der Waals surface area contributed by atoms with Crippen LogP contribution in [0.3, 0.4) is 0 Å². The number of nitrogens with zero attached hydrogens (tertiary/aromatic N) is 1. The van der Waals surface area contributed by atoms with Crippen molar-refractivity contribution in [2.75, 3.05) is 23.6 Å². The summed E-state index contributed by atoms with van der Waals surface area (Å²) in [7, 11) is 0. The Morgan fingerprint density at radius 2 is 1.69 bits per heavy atom. The summed E-state index contributed by atoms with van der Waals surface area (Å²) >= 11 is 0. The Labute approximate surface area is 223 Å². The molecule has 0 saturated heterocycles. The maximum atomic E-state index is 14.4. The molecule has 7 nitrogen and oxygen atoms in total. The average Bonchev–Trinajstić information content (AvgIpc) is 3.62. The van der Waals surface area contributed by atoms with E-state index in [1.54, 1.807) is 41.3 Å². The van der Waals surface area contributed by atoms with E-state index in [1.807, 2.05) is 43.3 Å². The fourth-order valence-electron chi connectivity index (χ4n) is 5.70. The first-order chi connectivity index (χ1) is 19.0. The summed E-state index contributed by atoms with van der Waals surface area (Å²) in [6.45, 7) is 2.24. The molecule has 194 valence electrons. The highest BCUT2D eigenvalue weighted by Crippen LogP contribution is 2.55. The van der Waals surface area contributed by atoms with Gasteiger partial charge in [0.25, 0.3) is 5.91 Å². The van der Waals surface area contributed by atoms with Gasteiger partial charge in [-0.1, -0.05) is 42.5 Å². The van der Waals surface area contributed by atoms with E-state index in [9.17, 15) is 14.0 Å². The van der Waals surface area contributed by atoms with Crippen molar-refractivity contribution >= 4 is 23.2 Å².